The molecule has 0 saturated carbocycles. The molecule has 0 bridgehead atoms. The molecular formula is C60H56F48O16Si4. The van der Waals surface area contributed by atoms with Crippen molar-refractivity contribution < 1.29 is 287 Å². The fourth-order valence-electron chi connectivity index (χ4n) is 7.33. The van der Waals surface area contributed by atoms with E-state index in [-0.39, 0.29) is 50.5 Å². The number of alkyl halides is 48. The van der Waals surface area contributed by atoms with Crippen LogP contribution in [0.2, 0.25) is 52.4 Å². The summed E-state index contributed by atoms with van der Waals surface area (Å²) >= 11 is 0. The van der Waals surface area contributed by atoms with E-state index in [9.17, 15) is 249 Å². The molecule has 0 spiro atoms. The van der Waals surface area contributed by atoms with Crippen LogP contribution in [-0.2, 0) is 76.3 Å². The Morgan fingerprint density at radius 3 is 0.414 bits per heavy atom. The highest BCUT2D eigenvalue weighted by atomic mass is 28.3. The van der Waals surface area contributed by atoms with Gasteiger partial charge in [0.05, 0.1) is 0 Å². The Hall–Kier alpha value is -8.81. The van der Waals surface area contributed by atoms with Gasteiger partial charge in [-0.1, -0.05) is 105 Å². The third-order valence-electron chi connectivity index (χ3n) is 16.2. The molecule has 128 heavy (non-hydrogen) atoms. The van der Waals surface area contributed by atoms with Gasteiger partial charge in [-0.25, -0.2) is 109 Å². The van der Waals surface area contributed by atoms with Crippen LogP contribution < -0.4 is 0 Å². The molecule has 0 N–H and O–H groups in total. The zero-order valence-electron chi connectivity index (χ0n) is 64.6. The molecule has 0 saturated heterocycles. The predicted molar refractivity (Wildman–Crippen MR) is 337 cm³/mol. The van der Waals surface area contributed by atoms with Crippen molar-refractivity contribution >= 4 is 80.0 Å². The van der Waals surface area contributed by atoms with E-state index in [0.717, 1.165) is 13.8 Å². The first-order valence-corrected chi connectivity index (χ1v) is 43.2. The number of hydrogen-bond acceptors (Lipinski definition) is 16. The Morgan fingerprint density at radius 2 is 0.289 bits per heavy atom. The van der Waals surface area contributed by atoms with Gasteiger partial charge < -0.3 is 37.9 Å². The van der Waals surface area contributed by atoms with Gasteiger partial charge in [-0.3, -0.25) is 0 Å². The number of esters is 8. The van der Waals surface area contributed by atoms with Crippen LogP contribution in [0.15, 0.2) is 99.2 Å². The van der Waals surface area contributed by atoms with Crippen LogP contribution in [-0.4, -0.2) is 221 Å². The molecule has 0 aliphatic heterocycles. The molecular weight excluding hydrogens is 2000 g/mol. The van der Waals surface area contributed by atoms with Crippen LogP contribution in [0.5, 0.6) is 0 Å². The molecule has 0 fully saturated rings. The highest BCUT2D eigenvalue weighted by molar-refractivity contribution is 6.84. The maximum atomic E-state index is 14.5. The van der Waals surface area contributed by atoms with Crippen LogP contribution in [0, 0.1) is 0 Å². The normalized spacial score (nSPS) is 14.6. The minimum Gasteiger partial charge on any atom is -0.393 e. The minimum absolute atomic E-state index is 0.0388. The Labute approximate surface area is 685 Å². The van der Waals surface area contributed by atoms with Crippen molar-refractivity contribution in [3.05, 3.63) is 99.2 Å². The lowest BCUT2D eigenvalue weighted by Crippen LogP contribution is -2.80. The van der Waals surface area contributed by atoms with Gasteiger partial charge in [0.1, 0.15) is 0 Å². The Kier molecular flexibility index (Phi) is 37.1. The van der Waals surface area contributed by atoms with E-state index in [1.54, 1.807) is 0 Å². The van der Waals surface area contributed by atoms with E-state index in [2.05, 4.69) is 90.5 Å². The lowest BCUT2D eigenvalue weighted by atomic mass is 10.1. The lowest BCUT2D eigenvalue weighted by Gasteiger charge is -2.47. The number of halogens is 48. The number of ether oxygens (including phenoxy) is 8. The van der Waals surface area contributed by atoms with Crippen molar-refractivity contribution in [2.45, 2.75) is 221 Å². The highest BCUT2D eigenvalue weighted by Crippen LogP contribution is 2.66. The topological polar surface area (TPSA) is 210 Å². The Morgan fingerprint density at radius 1 is 0.188 bits per heavy atom. The van der Waals surface area contributed by atoms with Crippen molar-refractivity contribution in [1.82, 2.24) is 0 Å². The summed E-state index contributed by atoms with van der Waals surface area (Å²) in [7, 11) is -28.8. The molecule has 0 amide bonds. The average Bonchev–Trinajstić information content (AvgIpc) is 0.689. The van der Waals surface area contributed by atoms with E-state index in [0.29, 0.717) is 13.8 Å². The highest BCUT2D eigenvalue weighted by Gasteiger charge is 2.97. The molecule has 0 heterocycles. The second-order valence-corrected chi connectivity index (χ2v) is 45.0. The van der Waals surface area contributed by atoms with Crippen molar-refractivity contribution in [2.24, 2.45) is 0 Å². The van der Waals surface area contributed by atoms with Gasteiger partial charge in [-0.2, -0.15) is 140 Å². The SMILES string of the molecule is C=C(C)C(=O)OC(F)(F)C(F)(F)C(F)(F)C(F)(F)[Si](C)(C)C(F)(F)C(F)(F)C(F)(F)C(F)(F)OC(=O)C(=C)C.C=C(C)C(=O)OC(F)(F)C(F)(F)[Si](C)(C)C(F)(F)C(F)(F)OC(=O)C(=C)C.C=CC(=O)OC(F)(F)C(F)(F)C(F)(F)C(F)(F)[Si](C)(C)C(F)(F)C(F)(F)C(F)(F)C(F)(F)OC(=O)C=C.C=CC(=O)OC(F)(F)C(F)(F)[Si](C)(C)C(F)(F)C(F)(F)OC(=O)C=C. The molecule has 0 aliphatic rings. The first-order chi connectivity index (χ1) is 55.1. The molecule has 0 unspecified atom stereocenters. The maximum absolute atomic E-state index is 14.5. The van der Waals surface area contributed by atoms with Gasteiger partial charge in [-0.15, -0.1) is 0 Å². The minimum atomic E-state index is -8.04. The molecule has 0 radical (unpaired) electrons. The van der Waals surface area contributed by atoms with Gasteiger partial charge in [0, 0.05) is 46.6 Å². The molecule has 0 rings (SSSR count). The standard InChI is InChI=1S/C18H16F16O4Si.C16H12F16O4Si.C14H16F8O4Si.C12H12F8O4Si/c1-7(2)9(35)37-15(27,28)11(19,20)13(23,24)17(31,32)39(5,6)18(33,34)14(25,26)12(21,22)16(29,30)38-10(36)8(3)4;1-5-7(33)35-13(25,26)9(17,18)11(21,22)15(29,30)37(3,4)16(31,32)12(23,24)10(19,20)14(27,28)36-8(34)6-2;1-7(2)9(23)25-11(15,16)13(19,20)27(5,6)14(21,22)12(17,18)26-10(24)8(3)4;1-5-7(21)23-9(13,14)11(17,18)25(3,4)12(19,20)10(15,16)24-8(22)6-2/h1,3H2,2,4-6H3;5-6H,1-2H2,3-4H3;1,3H2,2,4-6H3;5-6H,1-2H2,3-4H3. The van der Waals surface area contributed by atoms with E-state index in [1.165, 1.54) is 0 Å². The van der Waals surface area contributed by atoms with Crippen molar-refractivity contribution in [1.29, 1.82) is 0 Å². The van der Waals surface area contributed by atoms with E-state index in [1.807, 2.05) is 0 Å². The van der Waals surface area contributed by atoms with Crippen LogP contribution in [0.4, 0.5) is 211 Å². The van der Waals surface area contributed by atoms with Crippen LogP contribution in [0.1, 0.15) is 27.7 Å². The van der Waals surface area contributed by atoms with Gasteiger partial charge in [0.25, 0.3) is 0 Å². The summed E-state index contributed by atoms with van der Waals surface area (Å²) in [6.45, 7) is 18.1. The van der Waals surface area contributed by atoms with E-state index >= 15 is 0 Å². The molecule has 0 atom stereocenters. The third kappa shape index (κ3) is 21.5. The van der Waals surface area contributed by atoms with E-state index < -0.39 is 269 Å². The van der Waals surface area contributed by atoms with Gasteiger partial charge in [-0.05, 0) is 27.7 Å². The van der Waals surface area contributed by atoms with Gasteiger partial charge in [0.2, 0.25) is 32.3 Å². The largest absolute Gasteiger partial charge is 0.473 e. The summed E-state index contributed by atoms with van der Waals surface area (Å²) in [5.74, 6) is -81.3. The van der Waals surface area contributed by atoms with Crippen LogP contribution >= 0.6 is 0 Å². The molecule has 68 heteroatoms. The summed E-state index contributed by atoms with van der Waals surface area (Å²) < 4.78 is 691. The first-order valence-electron chi connectivity index (χ1n) is 31.2. The van der Waals surface area contributed by atoms with Crippen LogP contribution in [0.25, 0.3) is 0 Å². The van der Waals surface area contributed by atoms with E-state index in [4.69, 9.17) is 0 Å². The zero-order chi connectivity index (χ0) is 105. The van der Waals surface area contributed by atoms with Crippen molar-refractivity contribution in [2.75, 3.05) is 0 Å². The summed E-state index contributed by atoms with van der Waals surface area (Å²) in [6.07, 6.45) is -52.1. The number of carbonyl (C=O) groups is 8. The van der Waals surface area contributed by atoms with Crippen molar-refractivity contribution in [3.63, 3.8) is 0 Å². The predicted octanol–water partition coefficient (Wildman–Crippen LogP) is 21.4. The molecule has 0 aromatic heterocycles. The first kappa shape index (κ1) is 125. The van der Waals surface area contributed by atoms with Crippen LogP contribution in [0.3, 0.4) is 0 Å². The summed E-state index contributed by atoms with van der Waals surface area (Å²) in [6, 6.07) is 0. The molecule has 0 aromatic rings. The molecule has 0 aliphatic carbocycles. The fourth-order valence-corrected chi connectivity index (χ4v) is 15.8. The Balaban J connectivity index is -0.000000814. The smallest absolute Gasteiger partial charge is 0.393 e. The number of rotatable bonds is 40. The number of hydrogen-bond donors (Lipinski definition) is 0. The number of carbonyl (C=O) groups excluding carboxylic acids is 8. The maximum Gasteiger partial charge on any atom is 0.473 e. The third-order valence-corrected chi connectivity index (χ3v) is 31.2. The summed E-state index contributed by atoms with van der Waals surface area (Å²) in [5, 5.41) is 0. The molecule has 16 nitrogen and oxygen atoms in total. The Bertz CT molecular complexity index is 3950. The van der Waals surface area contributed by atoms with Gasteiger partial charge >= 0.3 is 188 Å². The van der Waals surface area contributed by atoms with Crippen molar-refractivity contribution in [3.8, 4) is 0 Å². The zero-order valence-corrected chi connectivity index (χ0v) is 68.6. The molecule has 744 valence electrons. The lowest BCUT2D eigenvalue weighted by molar-refractivity contribution is -0.414. The summed E-state index contributed by atoms with van der Waals surface area (Å²) in [5.41, 5.74) is -57.5. The second kappa shape index (κ2) is 37.8. The summed E-state index contributed by atoms with van der Waals surface area (Å²) in [4.78, 5) is 86.8. The second-order valence-electron chi connectivity index (χ2n) is 27.0. The monoisotopic (exact) mass is 2060 g/mol. The average molecular weight is 2060 g/mol. The van der Waals surface area contributed by atoms with Gasteiger partial charge in [0.15, 0.2) is 0 Å². The fraction of sp³-hybridized carbons (Fsp3) is 0.600. The molecule has 0 aromatic carbocycles. The quantitative estimate of drug-likeness (QED) is 0.0184.